The van der Waals surface area contributed by atoms with Gasteiger partial charge >= 0.3 is 0 Å². The molecule has 2 aliphatic carbocycles. The summed E-state index contributed by atoms with van der Waals surface area (Å²) in [5, 5.41) is 0. The molecular formula is C18H28N2. The summed E-state index contributed by atoms with van der Waals surface area (Å²) in [6, 6.07) is 7.54. The van der Waals surface area contributed by atoms with Gasteiger partial charge < -0.3 is 0 Å². The monoisotopic (exact) mass is 272 g/mol. The second-order valence-electron chi connectivity index (χ2n) is 6.95. The standard InChI is InChI=1S/C18H28N2/c1-13-5-8-16(9-6-13)18(20-19)12-14-7-10-15-3-2-4-17(15)11-14/h7,10-11,13,16,18,20H,2-6,8-9,12,19H2,1H3. The molecule has 0 saturated heterocycles. The molecule has 0 aliphatic heterocycles. The lowest BCUT2D eigenvalue weighted by Gasteiger charge is -2.32. The zero-order valence-electron chi connectivity index (χ0n) is 12.7. The molecule has 1 unspecified atom stereocenters. The summed E-state index contributed by atoms with van der Waals surface area (Å²) in [7, 11) is 0. The number of rotatable bonds is 4. The number of benzene rings is 1. The topological polar surface area (TPSA) is 38.0 Å². The van der Waals surface area contributed by atoms with E-state index in [9.17, 15) is 0 Å². The molecule has 0 aromatic heterocycles. The van der Waals surface area contributed by atoms with Crippen LogP contribution in [0.5, 0.6) is 0 Å². The first kappa shape index (κ1) is 14.1. The Kier molecular flexibility index (Phi) is 4.42. The number of aryl methyl sites for hydroxylation is 2. The minimum Gasteiger partial charge on any atom is -0.271 e. The van der Waals surface area contributed by atoms with Crippen molar-refractivity contribution in [2.24, 2.45) is 17.7 Å². The Morgan fingerprint density at radius 3 is 2.65 bits per heavy atom. The van der Waals surface area contributed by atoms with Crippen molar-refractivity contribution in [3.05, 3.63) is 34.9 Å². The quantitative estimate of drug-likeness (QED) is 0.651. The highest BCUT2D eigenvalue weighted by Gasteiger charge is 2.25. The van der Waals surface area contributed by atoms with Crippen LogP contribution in [0, 0.1) is 11.8 Å². The van der Waals surface area contributed by atoms with Crippen molar-refractivity contribution in [2.75, 3.05) is 0 Å². The molecule has 0 radical (unpaired) electrons. The summed E-state index contributed by atoms with van der Waals surface area (Å²) >= 11 is 0. The molecule has 1 fully saturated rings. The summed E-state index contributed by atoms with van der Waals surface area (Å²) in [5.74, 6) is 7.51. The summed E-state index contributed by atoms with van der Waals surface area (Å²) in [6.45, 7) is 2.38. The lowest BCUT2D eigenvalue weighted by molar-refractivity contribution is 0.229. The van der Waals surface area contributed by atoms with E-state index >= 15 is 0 Å². The van der Waals surface area contributed by atoms with Crippen LogP contribution in [-0.4, -0.2) is 6.04 Å². The van der Waals surface area contributed by atoms with Crippen LogP contribution < -0.4 is 11.3 Å². The molecular weight excluding hydrogens is 244 g/mol. The van der Waals surface area contributed by atoms with E-state index in [0.29, 0.717) is 6.04 Å². The average Bonchev–Trinajstić information content (AvgIpc) is 2.93. The Bertz CT molecular complexity index is 447. The fourth-order valence-electron chi connectivity index (χ4n) is 4.06. The predicted octanol–water partition coefficient (Wildman–Crippen LogP) is 3.38. The van der Waals surface area contributed by atoms with Gasteiger partial charge in [-0.25, -0.2) is 0 Å². The molecule has 1 saturated carbocycles. The minimum atomic E-state index is 0.446. The van der Waals surface area contributed by atoms with E-state index in [-0.39, 0.29) is 0 Å². The summed E-state index contributed by atoms with van der Waals surface area (Å²) in [6.07, 6.45) is 10.4. The number of fused-ring (bicyclic) bond motifs is 1. The van der Waals surface area contributed by atoms with Crippen LogP contribution in [-0.2, 0) is 19.3 Å². The lowest BCUT2D eigenvalue weighted by atomic mass is 9.78. The van der Waals surface area contributed by atoms with Crippen molar-refractivity contribution < 1.29 is 0 Å². The molecule has 1 atom stereocenters. The molecule has 20 heavy (non-hydrogen) atoms. The molecule has 2 nitrogen and oxygen atoms in total. The Morgan fingerprint density at radius 1 is 1.15 bits per heavy atom. The molecule has 110 valence electrons. The van der Waals surface area contributed by atoms with Crippen molar-refractivity contribution in [1.29, 1.82) is 0 Å². The van der Waals surface area contributed by atoms with Gasteiger partial charge in [0.1, 0.15) is 0 Å². The normalized spacial score (nSPS) is 27.3. The van der Waals surface area contributed by atoms with E-state index in [1.165, 1.54) is 50.5 Å². The van der Waals surface area contributed by atoms with Gasteiger partial charge in [0, 0.05) is 6.04 Å². The van der Waals surface area contributed by atoms with Crippen LogP contribution in [0.15, 0.2) is 18.2 Å². The third-order valence-electron chi connectivity index (χ3n) is 5.46. The highest BCUT2D eigenvalue weighted by Crippen LogP contribution is 2.32. The molecule has 2 aliphatic rings. The highest BCUT2D eigenvalue weighted by atomic mass is 15.2. The van der Waals surface area contributed by atoms with Crippen molar-refractivity contribution in [2.45, 2.75) is 64.3 Å². The van der Waals surface area contributed by atoms with E-state index in [0.717, 1.165) is 18.3 Å². The average molecular weight is 272 g/mol. The summed E-state index contributed by atoms with van der Waals surface area (Å²) < 4.78 is 0. The predicted molar refractivity (Wildman–Crippen MR) is 84.4 cm³/mol. The maximum atomic E-state index is 5.85. The van der Waals surface area contributed by atoms with Gasteiger partial charge in [0.25, 0.3) is 0 Å². The van der Waals surface area contributed by atoms with Crippen molar-refractivity contribution in [3.63, 3.8) is 0 Å². The van der Waals surface area contributed by atoms with Crippen LogP contribution >= 0.6 is 0 Å². The van der Waals surface area contributed by atoms with Crippen LogP contribution in [0.2, 0.25) is 0 Å². The molecule has 1 aromatic rings. The first-order valence-corrected chi connectivity index (χ1v) is 8.33. The molecule has 0 bridgehead atoms. The molecule has 3 N–H and O–H groups in total. The third kappa shape index (κ3) is 3.07. The fraction of sp³-hybridized carbons (Fsp3) is 0.667. The van der Waals surface area contributed by atoms with Gasteiger partial charge in [-0.1, -0.05) is 38.0 Å². The lowest BCUT2D eigenvalue weighted by Crippen LogP contribution is -2.43. The molecule has 3 rings (SSSR count). The van der Waals surface area contributed by atoms with Gasteiger partial charge in [-0.05, 0) is 67.1 Å². The minimum absolute atomic E-state index is 0.446. The van der Waals surface area contributed by atoms with E-state index in [2.05, 4.69) is 30.5 Å². The van der Waals surface area contributed by atoms with Crippen molar-refractivity contribution >= 4 is 0 Å². The second kappa shape index (κ2) is 6.28. The zero-order valence-corrected chi connectivity index (χ0v) is 12.7. The highest BCUT2D eigenvalue weighted by molar-refractivity contribution is 5.35. The van der Waals surface area contributed by atoms with E-state index in [1.807, 2.05) is 0 Å². The number of hydrogen-bond donors (Lipinski definition) is 2. The first-order chi connectivity index (χ1) is 9.76. The fourth-order valence-corrected chi connectivity index (χ4v) is 4.06. The summed E-state index contributed by atoms with van der Waals surface area (Å²) in [4.78, 5) is 0. The molecule has 2 heteroatoms. The van der Waals surface area contributed by atoms with Crippen LogP contribution in [0.25, 0.3) is 0 Å². The number of hydrazine groups is 1. The van der Waals surface area contributed by atoms with Crippen LogP contribution in [0.3, 0.4) is 0 Å². The second-order valence-corrected chi connectivity index (χ2v) is 6.95. The van der Waals surface area contributed by atoms with Crippen LogP contribution in [0.4, 0.5) is 0 Å². The van der Waals surface area contributed by atoms with Crippen molar-refractivity contribution in [3.8, 4) is 0 Å². The molecule has 1 aromatic carbocycles. The van der Waals surface area contributed by atoms with Gasteiger partial charge in [0.2, 0.25) is 0 Å². The SMILES string of the molecule is CC1CCC(C(Cc2ccc3c(c2)CCC3)NN)CC1. The Hall–Kier alpha value is -0.860. The molecule has 0 amide bonds. The maximum Gasteiger partial charge on any atom is 0.0279 e. The summed E-state index contributed by atoms with van der Waals surface area (Å²) in [5.41, 5.74) is 7.71. The van der Waals surface area contributed by atoms with E-state index < -0.39 is 0 Å². The van der Waals surface area contributed by atoms with Gasteiger partial charge in [0.15, 0.2) is 0 Å². The van der Waals surface area contributed by atoms with Gasteiger partial charge in [-0.15, -0.1) is 0 Å². The Morgan fingerprint density at radius 2 is 1.90 bits per heavy atom. The van der Waals surface area contributed by atoms with Gasteiger partial charge in [-0.3, -0.25) is 11.3 Å². The smallest absolute Gasteiger partial charge is 0.0279 e. The zero-order chi connectivity index (χ0) is 13.9. The van der Waals surface area contributed by atoms with Crippen LogP contribution in [0.1, 0.15) is 55.7 Å². The van der Waals surface area contributed by atoms with Crippen molar-refractivity contribution in [1.82, 2.24) is 5.43 Å². The van der Waals surface area contributed by atoms with E-state index in [1.54, 1.807) is 11.1 Å². The Balaban J connectivity index is 1.65. The van der Waals surface area contributed by atoms with E-state index in [4.69, 9.17) is 5.84 Å². The number of nitrogens with one attached hydrogen (secondary N) is 1. The Labute approximate surface area is 123 Å². The number of nitrogens with two attached hydrogens (primary N) is 1. The van der Waals surface area contributed by atoms with Gasteiger partial charge in [0.05, 0.1) is 0 Å². The number of hydrogen-bond acceptors (Lipinski definition) is 2. The third-order valence-corrected chi connectivity index (χ3v) is 5.46. The first-order valence-electron chi connectivity index (χ1n) is 8.33. The maximum absolute atomic E-state index is 5.85. The largest absolute Gasteiger partial charge is 0.271 e. The molecule has 0 spiro atoms. The van der Waals surface area contributed by atoms with Gasteiger partial charge in [-0.2, -0.15) is 0 Å². The molecule has 0 heterocycles.